The van der Waals surface area contributed by atoms with Crippen LogP contribution in [0.25, 0.3) is 16.6 Å². The van der Waals surface area contributed by atoms with Crippen molar-refractivity contribution in [2.45, 2.75) is 13.8 Å². The fourth-order valence-electron chi connectivity index (χ4n) is 3.11. The van der Waals surface area contributed by atoms with Crippen LogP contribution >= 0.6 is 0 Å². The Kier molecular flexibility index (Phi) is 4.44. The van der Waals surface area contributed by atoms with Crippen LogP contribution in [-0.4, -0.2) is 24.1 Å². The Labute approximate surface area is 146 Å². The molecule has 5 heteroatoms. The first-order valence-corrected chi connectivity index (χ1v) is 7.87. The van der Waals surface area contributed by atoms with Gasteiger partial charge < -0.3 is 14.0 Å². The van der Waals surface area contributed by atoms with Gasteiger partial charge in [0.25, 0.3) is 0 Å². The zero-order chi connectivity index (χ0) is 18.0. The fraction of sp³-hybridized carbons (Fsp3) is 0.200. The summed E-state index contributed by atoms with van der Waals surface area (Å²) in [5.74, 6) is 1.34. The number of carbonyl (C=O) groups excluding carboxylic acids is 1. The molecule has 2 aromatic carbocycles. The number of Topliss-reactive ketones (excluding diaryl/α,β-unsaturated/α-hetero) is 1. The van der Waals surface area contributed by atoms with Crippen molar-refractivity contribution in [3.05, 3.63) is 53.7 Å². The number of methoxy groups -OCH3 is 1. The van der Waals surface area contributed by atoms with Crippen LogP contribution in [0.1, 0.15) is 23.0 Å². The van der Waals surface area contributed by atoms with Crippen LogP contribution in [0.5, 0.6) is 11.5 Å². The smallest absolute Gasteiger partial charge is 0.174 e. The molecule has 0 saturated heterocycles. The van der Waals surface area contributed by atoms with Gasteiger partial charge in [0, 0.05) is 22.3 Å². The number of ether oxygens (including phenoxy) is 2. The van der Waals surface area contributed by atoms with E-state index >= 15 is 0 Å². The van der Waals surface area contributed by atoms with E-state index in [-0.39, 0.29) is 12.4 Å². The molecule has 0 bridgehead atoms. The third-order valence-corrected chi connectivity index (χ3v) is 4.16. The fourth-order valence-corrected chi connectivity index (χ4v) is 3.11. The van der Waals surface area contributed by atoms with Crippen molar-refractivity contribution in [2.24, 2.45) is 0 Å². The molecule has 0 N–H and O–H groups in total. The van der Waals surface area contributed by atoms with E-state index in [0.717, 1.165) is 28.0 Å². The van der Waals surface area contributed by atoms with Gasteiger partial charge in [-0.3, -0.25) is 4.79 Å². The second kappa shape index (κ2) is 6.70. The Morgan fingerprint density at radius 3 is 2.44 bits per heavy atom. The number of carbonyl (C=O) groups is 1. The molecule has 0 aliphatic rings. The second-order valence-electron chi connectivity index (χ2n) is 5.68. The molecule has 1 aromatic heterocycles. The highest BCUT2D eigenvalue weighted by Gasteiger charge is 2.19. The average molecular weight is 334 g/mol. The summed E-state index contributed by atoms with van der Waals surface area (Å²) in [6.07, 6.45) is 0. The number of nitrogens with zero attached hydrogens (tertiary/aromatic N) is 2. The van der Waals surface area contributed by atoms with Crippen LogP contribution in [-0.2, 0) is 0 Å². The van der Waals surface area contributed by atoms with Crippen molar-refractivity contribution >= 4 is 16.7 Å². The van der Waals surface area contributed by atoms with Crippen LogP contribution in [0.4, 0.5) is 0 Å². The van der Waals surface area contributed by atoms with Gasteiger partial charge in [-0.1, -0.05) is 0 Å². The molecular weight excluding hydrogens is 316 g/mol. The van der Waals surface area contributed by atoms with E-state index in [4.69, 9.17) is 14.7 Å². The maximum absolute atomic E-state index is 12.2. The Morgan fingerprint density at radius 1 is 1.16 bits per heavy atom. The number of hydrogen-bond donors (Lipinski definition) is 0. The van der Waals surface area contributed by atoms with Crippen molar-refractivity contribution in [3.8, 4) is 23.3 Å². The van der Waals surface area contributed by atoms with E-state index < -0.39 is 0 Å². The summed E-state index contributed by atoms with van der Waals surface area (Å²) in [5, 5.41) is 9.50. The van der Waals surface area contributed by atoms with Gasteiger partial charge in [-0.2, -0.15) is 5.26 Å². The second-order valence-corrected chi connectivity index (χ2v) is 5.68. The Morgan fingerprint density at radius 2 is 1.84 bits per heavy atom. The number of rotatable bonds is 5. The van der Waals surface area contributed by atoms with Crippen LogP contribution in [0.3, 0.4) is 0 Å². The lowest BCUT2D eigenvalue weighted by Crippen LogP contribution is -1.99. The molecule has 0 radical (unpaired) electrons. The predicted octanol–water partition coefficient (Wildman–Crippen LogP) is 4.05. The van der Waals surface area contributed by atoms with Crippen LogP contribution in [0, 0.1) is 18.3 Å². The maximum atomic E-state index is 12.2. The molecule has 126 valence electrons. The Hall–Kier alpha value is -3.26. The summed E-state index contributed by atoms with van der Waals surface area (Å²) >= 11 is 0. The van der Waals surface area contributed by atoms with Crippen molar-refractivity contribution in [2.75, 3.05) is 13.7 Å². The Bertz CT molecular complexity index is 979. The van der Waals surface area contributed by atoms with E-state index in [0.29, 0.717) is 11.3 Å². The summed E-state index contributed by atoms with van der Waals surface area (Å²) < 4.78 is 12.6. The normalized spacial score (nSPS) is 10.5. The van der Waals surface area contributed by atoms with Gasteiger partial charge in [0.15, 0.2) is 12.4 Å². The van der Waals surface area contributed by atoms with Crippen molar-refractivity contribution < 1.29 is 14.3 Å². The molecule has 0 amide bonds. The average Bonchev–Trinajstić information content (AvgIpc) is 2.91. The van der Waals surface area contributed by atoms with E-state index in [9.17, 15) is 4.79 Å². The zero-order valence-electron chi connectivity index (χ0n) is 14.4. The van der Waals surface area contributed by atoms with Gasteiger partial charge in [-0.15, -0.1) is 0 Å². The molecule has 1 heterocycles. The van der Waals surface area contributed by atoms with Crippen molar-refractivity contribution in [1.82, 2.24) is 4.57 Å². The first-order chi connectivity index (χ1) is 12.1. The van der Waals surface area contributed by atoms with E-state index in [1.807, 2.05) is 60.0 Å². The van der Waals surface area contributed by atoms with E-state index in [2.05, 4.69) is 0 Å². The van der Waals surface area contributed by atoms with Crippen molar-refractivity contribution in [3.63, 3.8) is 0 Å². The molecule has 5 nitrogen and oxygen atoms in total. The largest absolute Gasteiger partial charge is 0.497 e. The standard InChI is InChI=1S/C20H18N2O3/c1-13-20(14(2)23)18-12-17(25-11-10-21)8-9-19(18)22(13)15-4-6-16(24-3)7-5-15/h4-9,12H,11H2,1-3H3. The van der Waals surface area contributed by atoms with Crippen LogP contribution in [0.15, 0.2) is 42.5 Å². The SMILES string of the molecule is COc1ccc(-n2c(C)c(C(C)=O)c3cc(OCC#N)ccc32)cc1. The first-order valence-electron chi connectivity index (χ1n) is 7.87. The highest BCUT2D eigenvalue weighted by Crippen LogP contribution is 2.32. The van der Waals surface area contributed by atoms with Gasteiger partial charge in [-0.05, 0) is 56.3 Å². The van der Waals surface area contributed by atoms with E-state index in [1.54, 1.807) is 14.0 Å². The molecule has 0 aliphatic carbocycles. The lowest BCUT2D eigenvalue weighted by atomic mass is 10.1. The highest BCUT2D eigenvalue weighted by atomic mass is 16.5. The number of benzene rings is 2. The van der Waals surface area contributed by atoms with Crippen LogP contribution in [0.2, 0.25) is 0 Å². The summed E-state index contributed by atoms with van der Waals surface area (Å²) in [6.45, 7) is 3.46. The molecule has 3 rings (SSSR count). The van der Waals surface area contributed by atoms with Gasteiger partial charge in [-0.25, -0.2) is 0 Å². The van der Waals surface area contributed by atoms with Crippen molar-refractivity contribution in [1.29, 1.82) is 5.26 Å². The number of nitriles is 1. The molecule has 25 heavy (non-hydrogen) atoms. The monoisotopic (exact) mass is 334 g/mol. The zero-order valence-corrected chi connectivity index (χ0v) is 14.4. The lowest BCUT2D eigenvalue weighted by molar-refractivity contribution is 0.101. The third-order valence-electron chi connectivity index (χ3n) is 4.16. The lowest BCUT2D eigenvalue weighted by Gasteiger charge is -2.10. The number of hydrogen-bond acceptors (Lipinski definition) is 4. The molecule has 0 aliphatic heterocycles. The summed E-state index contributed by atoms with van der Waals surface area (Å²) in [4.78, 5) is 12.2. The third kappa shape index (κ3) is 2.94. The van der Waals surface area contributed by atoms with Gasteiger partial charge in [0.2, 0.25) is 0 Å². The maximum Gasteiger partial charge on any atom is 0.174 e. The topological polar surface area (TPSA) is 64.2 Å². The first kappa shape index (κ1) is 16.6. The molecule has 0 atom stereocenters. The summed E-state index contributed by atoms with van der Waals surface area (Å²) in [7, 11) is 1.63. The minimum atomic E-state index is -0.0287. The van der Waals surface area contributed by atoms with Gasteiger partial charge in [0.1, 0.15) is 17.6 Å². The van der Waals surface area contributed by atoms with Gasteiger partial charge in [0.05, 0.1) is 12.6 Å². The number of ketones is 1. The molecule has 3 aromatic rings. The predicted molar refractivity (Wildman–Crippen MR) is 95.7 cm³/mol. The summed E-state index contributed by atoms with van der Waals surface area (Å²) in [6, 6.07) is 15.2. The van der Waals surface area contributed by atoms with Gasteiger partial charge >= 0.3 is 0 Å². The molecular formula is C20H18N2O3. The molecule has 0 spiro atoms. The minimum Gasteiger partial charge on any atom is -0.497 e. The number of fused-ring (bicyclic) bond motifs is 1. The highest BCUT2D eigenvalue weighted by molar-refractivity contribution is 6.09. The van der Waals surface area contributed by atoms with E-state index in [1.165, 1.54) is 0 Å². The quantitative estimate of drug-likeness (QED) is 0.660. The van der Waals surface area contributed by atoms with Crippen LogP contribution < -0.4 is 9.47 Å². The summed E-state index contributed by atoms with van der Waals surface area (Å²) in [5.41, 5.74) is 3.39. The number of aromatic nitrogens is 1. The Balaban J connectivity index is 2.23. The minimum absolute atomic E-state index is 0.00723. The molecule has 0 saturated carbocycles. The molecule has 0 fully saturated rings. The molecule has 0 unspecified atom stereocenters.